The van der Waals surface area contributed by atoms with E-state index in [0.717, 1.165) is 46.9 Å². The minimum Gasteiger partial charge on any atom is -0.369 e. The fraction of sp³-hybridized carbons (Fsp3) is 0.250. The van der Waals surface area contributed by atoms with Crippen molar-refractivity contribution in [1.29, 1.82) is 0 Å². The molecule has 0 saturated heterocycles. The fourth-order valence-electron chi connectivity index (χ4n) is 2.36. The number of halogens is 1. The van der Waals surface area contributed by atoms with E-state index >= 15 is 0 Å². The first kappa shape index (κ1) is 13.5. The number of H-pyrrole nitrogens is 1. The summed E-state index contributed by atoms with van der Waals surface area (Å²) in [5.41, 5.74) is 3.01. The van der Waals surface area contributed by atoms with Gasteiger partial charge in [0, 0.05) is 12.2 Å². The van der Waals surface area contributed by atoms with E-state index in [9.17, 15) is 4.39 Å². The standard InChI is InChI=1S/C16H17FN4/c1-10-9-14-15(20-11(2)21-16(14)19-10)18-8-7-12-3-5-13(17)6-4-12/h3-6,9H,7-8H2,1-2H3,(H2,18,19,20,21). The third-order valence-electron chi connectivity index (χ3n) is 3.35. The first-order chi connectivity index (χ1) is 10.1. The summed E-state index contributed by atoms with van der Waals surface area (Å²) in [6.07, 6.45) is 0.814. The lowest BCUT2D eigenvalue weighted by molar-refractivity contribution is 0.627. The summed E-state index contributed by atoms with van der Waals surface area (Å²) in [7, 11) is 0. The molecule has 5 heteroatoms. The zero-order valence-electron chi connectivity index (χ0n) is 12.1. The molecule has 0 bridgehead atoms. The van der Waals surface area contributed by atoms with Crippen LogP contribution in [0.15, 0.2) is 30.3 Å². The highest BCUT2D eigenvalue weighted by Crippen LogP contribution is 2.21. The van der Waals surface area contributed by atoms with Gasteiger partial charge in [-0.1, -0.05) is 12.1 Å². The first-order valence-corrected chi connectivity index (χ1v) is 6.94. The fourth-order valence-corrected chi connectivity index (χ4v) is 2.36. The monoisotopic (exact) mass is 284 g/mol. The maximum Gasteiger partial charge on any atom is 0.143 e. The Bertz CT molecular complexity index is 762. The third-order valence-corrected chi connectivity index (χ3v) is 3.35. The maximum absolute atomic E-state index is 12.9. The minimum atomic E-state index is -0.206. The van der Waals surface area contributed by atoms with Crippen LogP contribution in [0.1, 0.15) is 17.1 Å². The Morgan fingerprint density at radius 2 is 1.90 bits per heavy atom. The second-order valence-corrected chi connectivity index (χ2v) is 5.14. The summed E-state index contributed by atoms with van der Waals surface area (Å²) < 4.78 is 12.9. The van der Waals surface area contributed by atoms with Crippen molar-refractivity contribution in [3.8, 4) is 0 Å². The Morgan fingerprint density at radius 3 is 2.67 bits per heavy atom. The molecule has 0 amide bonds. The molecule has 3 aromatic rings. The number of hydrogen-bond donors (Lipinski definition) is 2. The lowest BCUT2D eigenvalue weighted by Gasteiger charge is -2.07. The van der Waals surface area contributed by atoms with Crippen LogP contribution in [-0.4, -0.2) is 21.5 Å². The quantitative estimate of drug-likeness (QED) is 0.772. The van der Waals surface area contributed by atoms with Crippen LogP contribution in [0.25, 0.3) is 11.0 Å². The van der Waals surface area contributed by atoms with E-state index in [-0.39, 0.29) is 5.82 Å². The number of aromatic nitrogens is 3. The Balaban J connectivity index is 1.74. The molecule has 0 aliphatic carbocycles. The van der Waals surface area contributed by atoms with Crippen molar-refractivity contribution in [2.75, 3.05) is 11.9 Å². The molecular formula is C16H17FN4. The van der Waals surface area contributed by atoms with E-state index in [4.69, 9.17) is 0 Å². The summed E-state index contributed by atoms with van der Waals surface area (Å²) in [6, 6.07) is 8.61. The van der Waals surface area contributed by atoms with Crippen LogP contribution in [0.3, 0.4) is 0 Å². The molecule has 2 heterocycles. The van der Waals surface area contributed by atoms with Crippen molar-refractivity contribution in [3.05, 3.63) is 53.2 Å². The summed E-state index contributed by atoms with van der Waals surface area (Å²) in [6.45, 7) is 4.61. The number of nitrogens with one attached hydrogen (secondary N) is 2. The van der Waals surface area contributed by atoms with Crippen LogP contribution in [0.2, 0.25) is 0 Å². The number of nitrogens with zero attached hydrogens (tertiary/aromatic N) is 2. The summed E-state index contributed by atoms with van der Waals surface area (Å²) >= 11 is 0. The van der Waals surface area contributed by atoms with Crippen molar-refractivity contribution < 1.29 is 4.39 Å². The number of aromatic amines is 1. The summed E-state index contributed by atoms with van der Waals surface area (Å²) in [5.74, 6) is 1.36. The molecule has 0 spiro atoms. The molecule has 3 rings (SSSR count). The molecule has 0 aliphatic rings. The summed E-state index contributed by atoms with van der Waals surface area (Å²) in [4.78, 5) is 12.1. The zero-order chi connectivity index (χ0) is 14.8. The zero-order valence-corrected chi connectivity index (χ0v) is 12.1. The van der Waals surface area contributed by atoms with Gasteiger partial charge in [0.25, 0.3) is 0 Å². The van der Waals surface area contributed by atoms with E-state index < -0.39 is 0 Å². The topological polar surface area (TPSA) is 53.6 Å². The van der Waals surface area contributed by atoms with Crippen molar-refractivity contribution in [3.63, 3.8) is 0 Å². The van der Waals surface area contributed by atoms with E-state index in [1.165, 1.54) is 12.1 Å². The molecule has 0 atom stereocenters. The second-order valence-electron chi connectivity index (χ2n) is 5.14. The Hall–Kier alpha value is -2.43. The van der Waals surface area contributed by atoms with Gasteiger partial charge < -0.3 is 10.3 Å². The number of hydrogen-bond acceptors (Lipinski definition) is 3. The van der Waals surface area contributed by atoms with Crippen LogP contribution in [0.5, 0.6) is 0 Å². The lowest BCUT2D eigenvalue weighted by atomic mass is 10.1. The van der Waals surface area contributed by atoms with Gasteiger partial charge in [-0.05, 0) is 44.0 Å². The number of aryl methyl sites for hydroxylation is 2. The number of fused-ring (bicyclic) bond motifs is 1. The molecule has 1 aromatic carbocycles. The molecule has 0 radical (unpaired) electrons. The van der Waals surface area contributed by atoms with Gasteiger partial charge in [0.1, 0.15) is 23.1 Å². The van der Waals surface area contributed by atoms with Gasteiger partial charge in [0.05, 0.1) is 5.39 Å². The van der Waals surface area contributed by atoms with Crippen LogP contribution in [-0.2, 0) is 6.42 Å². The molecule has 108 valence electrons. The van der Waals surface area contributed by atoms with Crippen molar-refractivity contribution in [1.82, 2.24) is 15.0 Å². The normalized spacial score (nSPS) is 11.0. The van der Waals surface area contributed by atoms with Gasteiger partial charge in [0.15, 0.2) is 0 Å². The number of benzene rings is 1. The Morgan fingerprint density at radius 1 is 1.14 bits per heavy atom. The Labute approximate surface area is 122 Å². The first-order valence-electron chi connectivity index (χ1n) is 6.94. The van der Waals surface area contributed by atoms with Gasteiger partial charge in [-0.3, -0.25) is 0 Å². The van der Waals surface area contributed by atoms with Gasteiger partial charge in [-0.15, -0.1) is 0 Å². The molecule has 0 saturated carbocycles. The molecule has 0 fully saturated rings. The van der Waals surface area contributed by atoms with Crippen LogP contribution in [0.4, 0.5) is 10.2 Å². The Kier molecular flexibility index (Phi) is 3.56. The molecule has 0 unspecified atom stereocenters. The smallest absolute Gasteiger partial charge is 0.143 e. The highest BCUT2D eigenvalue weighted by molar-refractivity contribution is 5.87. The molecule has 4 nitrogen and oxygen atoms in total. The van der Waals surface area contributed by atoms with E-state index in [1.54, 1.807) is 12.1 Å². The predicted molar refractivity (Wildman–Crippen MR) is 82.0 cm³/mol. The molecule has 0 aliphatic heterocycles. The van der Waals surface area contributed by atoms with Gasteiger partial charge in [-0.25, -0.2) is 14.4 Å². The van der Waals surface area contributed by atoms with Crippen molar-refractivity contribution in [2.45, 2.75) is 20.3 Å². The maximum atomic E-state index is 12.9. The SMILES string of the molecule is Cc1nc(NCCc2ccc(F)cc2)c2cc(C)[nH]c2n1. The number of anilines is 1. The van der Waals surface area contributed by atoms with E-state index in [0.29, 0.717) is 0 Å². The van der Waals surface area contributed by atoms with Crippen LogP contribution < -0.4 is 5.32 Å². The average molecular weight is 284 g/mol. The largest absolute Gasteiger partial charge is 0.369 e. The van der Waals surface area contributed by atoms with E-state index in [2.05, 4.69) is 20.3 Å². The van der Waals surface area contributed by atoms with Crippen molar-refractivity contribution >= 4 is 16.9 Å². The van der Waals surface area contributed by atoms with Gasteiger partial charge in [-0.2, -0.15) is 0 Å². The lowest BCUT2D eigenvalue weighted by Crippen LogP contribution is -2.07. The van der Waals surface area contributed by atoms with Crippen LogP contribution in [0, 0.1) is 19.7 Å². The highest BCUT2D eigenvalue weighted by atomic mass is 19.1. The third kappa shape index (κ3) is 3.02. The predicted octanol–water partition coefficient (Wildman–Crippen LogP) is 3.37. The van der Waals surface area contributed by atoms with Gasteiger partial charge in [0.2, 0.25) is 0 Å². The number of rotatable bonds is 4. The van der Waals surface area contributed by atoms with Crippen LogP contribution >= 0.6 is 0 Å². The second kappa shape index (κ2) is 5.52. The molecular weight excluding hydrogens is 267 g/mol. The molecule has 21 heavy (non-hydrogen) atoms. The van der Waals surface area contributed by atoms with Gasteiger partial charge >= 0.3 is 0 Å². The minimum absolute atomic E-state index is 0.206. The summed E-state index contributed by atoms with van der Waals surface area (Å²) in [5, 5.41) is 4.34. The van der Waals surface area contributed by atoms with E-state index in [1.807, 2.05) is 19.9 Å². The molecule has 2 aromatic heterocycles. The average Bonchev–Trinajstić information content (AvgIpc) is 2.81. The van der Waals surface area contributed by atoms with Crippen molar-refractivity contribution in [2.24, 2.45) is 0 Å². The molecule has 2 N–H and O–H groups in total. The highest BCUT2D eigenvalue weighted by Gasteiger charge is 2.07.